The molecule has 0 aliphatic carbocycles. The molecule has 0 bridgehead atoms. The van der Waals surface area contributed by atoms with Crippen LogP contribution in [0.25, 0.3) is 11.8 Å². The molecule has 2 heterocycles. The van der Waals surface area contributed by atoms with Crippen molar-refractivity contribution in [3.63, 3.8) is 0 Å². The Bertz CT molecular complexity index is 1820. The zero-order chi connectivity index (χ0) is 30.0. The monoisotopic (exact) mass is 644 g/mol. The molecule has 0 unspecified atom stereocenters. The fraction of sp³-hybridized carbons (Fsp3) is 0.265. The highest BCUT2D eigenvalue weighted by Crippen LogP contribution is 2.35. The molecule has 3 aromatic carbocycles. The number of fused-ring (bicyclic) bond motifs is 1. The number of rotatable bonds is 8. The van der Waals surface area contributed by atoms with Gasteiger partial charge in [-0.15, -0.1) is 0 Å². The van der Waals surface area contributed by atoms with Crippen molar-refractivity contribution >= 4 is 45.0 Å². The first-order valence-electron chi connectivity index (χ1n) is 14.0. The van der Waals surface area contributed by atoms with Crippen molar-refractivity contribution in [1.29, 1.82) is 0 Å². The fourth-order valence-electron chi connectivity index (χ4n) is 4.93. The highest BCUT2D eigenvalue weighted by atomic mass is 79.9. The Labute approximate surface area is 257 Å². The topological polar surface area (TPSA) is 69.9 Å². The third kappa shape index (κ3) is 6.05. The zero-order valence-electron chi connectivity index (χ0n) is 24.3. The summed E-state index contributed by atoms with van der Waals surface area (Å²) in [7, 11) is 0. The summed E-state index contributed by atoms with van der Waals surface area (Å²) in [5, 5.41) is 0. The van der Waals surface area contributed by atoms with Crippen LogP contribution in [0.2, 0.25) is 0 Å². The smallest absolute Gasteiger partial charge is 0.338 e. The second kappa shape index (κ2) is 12.6. The van der Waals surface area contributed by atoms with Crippen LogP contribution in [0, 0.1) is 0 Å². The molecule has 1 aromatic heterocycles. The maximum absolute atomic E-state index is 14.1. The molecule has 42 heavy (non-hydrogen) atoms. The summed E-state index contributed by atoms with van der Waals surface area (Å²) < 4.78 is 14.4. The van der Waals surface area contributed by atoms with Gasteiger partial charge in [0.05, 0.1) is 39.0 Å². The Morgan fingerprint density at radius 1 is 1.05 bits per heavy atom. The van der Waals surface area contributed by atoms with Gasteiger partial charge in [-0.3, -0.25) is 9.36 Å². The van der Waals surface area contributed by atoms with E-state index < -0.39 is 12.0 Å². The van der Waals surface area contributed by atoms with E-state index in [1.807, 2.05) is 80.6 Å². The van der Waals surface area contributed by atoms with Crippen LogP contribution in [0.4, 0.5) is 0 Å². The number of hydrogen-bond acceptors (Lipinski definition) is 6. The van der Waals surface area contributed by atoms with E-state index in [1.54, 1.807) is 11.5 Å². The lowest BCUT2D eigenvalue weighted by atomic mass is 9.91. The SMILES string of the molecule is CCOC(=O)C1=C(c2ccccc2)N=c2s/c(=C\c3ccc(OC(C)C)c(Br)c3)c(=O)n2[C@H]1c1ccc(C(C)C)cc1. The van der Waals surface area contributed by atoms with E-state index in [-0.39, 0.29) is 18.3 Å². The number of ether oxygens (including phenoxy) is 2. The molecule has 1 atom stereocenters. The van der Waals surface area contributed by atoms with Gasteiger partial charge in [0.2, 0.25) is 0 Å². The van der Waals surface area contributed by atoms with Crippen molar-refractivity contribution in [3.05, 3.63) is 125 Å². The second-order valence-corrected chi connectivity index (χ2v) is 12.5. The lowest BCUT2D eigenvalue weighted by Crippen LogP contribution is -2.40. The summed E-state index contributed by atoms with van der Waals surface area (Å²) in [5.41, 5.74) is 4.25. The lowest BCUT2D eigenvalue weighted by Gasteiger charge is -2.26. The molecule has 6 nitrogen and oxygen atoms in total. The van der Waals surface area contributed by atoms with Gasteiger partial charge in [0.15, 0.2) is 4.80 Å². The highest BCUT2D eigenvalue weighted by molar-refractivity contribution is 9.10. The number of benzene rings is 3. The van der Waals surface area contributed by atoms with Crippen LogP contribution in [0.3, 0.4) is 0 Å². The van der Waals surface area contributed by atoms with E-state index in [0.29, 0.717) is 26.5 Å². The average molecular weight is 646 g/mol. The first-order valence-corrected chi connectivity index (χ1v) is 15.6. The van der Waals surface area contributed by atoms with Gasteiger partial charge in [-0.1, -0.05) is 85.8 Å². The van der Waals surface area contributed by atoms with Gasteiger partial charge in [0.25, 0.3) is 5.56 Å². The van der Waals surface area contributed by atoms with Crippen molar-refractivity contribution in [2.24, 2.45) is 4.99 Å². The summed E-state index contributed by atoms with van der Waals surface area (Å²) in [6.07, 6.45) is 1.89. The summed E-state index contributed by atoms with van der Waals surface area (Å²) in [5.74, 6) is 0.592. The minimum Gasteiger partial charge on any atom is -0.490 e. The quantitative estimate of drug-likeness (QED) is 0.202. The molecule has 0 spiro atoms. The number of carbonyl (C=O) groups is 1. The van der Waals surface area contributed by atoms with E-state index >= 15 is 0 Å². The summed E-state index contributed by atoms with van der Waals surface area (Å²) in [4.78, 5) is 33.2. The molecule has 0 fully saturated rings. The Kier molecular flexibility index (Phi) is 8.94. The van der Waals surface area contributed by atoms with Crippen molar-refractivity contribution in [3.8, 4) is 5.75 Å². The van der Waals surface area contributed by atoms with E-state index in [2.05, 4.69) is 41.9 Å². The number of aromatic nitrogens is 1. The third-order valence-corrected chi connectivity index (χ3v) is 8.51. The number of carbonyl (C=O) groups excluding carboxylic acids is 1. The first kappa shape index (κ1) is 29.7. The Balaban J connectivity index is 1.75. The summed E-state index contributed by atoms with van der Waals surface area (Å²) in [6.45, 7) is 10.2. The predicted octanol–water partition coefficient (Wildman–Crippen LogP) is 6.61. The second-order valence-electron chi connectivity index (χ2n) is 10.6. The molecule has 0 saturated heterocycles. The van der Waals surface area contributed by atoms with Crippen molar-refractivity contribution < 1.29 is 14.3 Å². The molecule has 0 saturated carbocycles. The maximum Gasteiger partial charge on any atom is 0.338 e. The molecule has 1 aliphatic heterocycles. The highest BCUT2D eigenvalue weighted by Gasteiger charge is 2.35. The number of halogens is 1. The van der Waals surface area contributed by atoms with Crippen LogP contribution < -0.4 is 19.6 Å². The van der Waals surface area contributed by atoms with Crippen LogP contribution in [0.15, 0.2) is 92.6 Å². The minimum absolute atomic E-state index is 0.0397. The molecular weight excluding hydrogens is 612 g/mol. The maximum atomic E-state index is 14.1. The van der Waals surface area contributed by atoms with Crippen LogP contribution >= 0.6 is 27.3 Å². The lowest BCUT2D eigenvalue weighted by molar-refractivity contribution is -0.138. The molecule has 8 heteroatoms. The van der Waals surface area contributed by atoms with E-state index in [4.69, 9.17) is 14.5 Å². The van der Waals surface area contributed by atoms with Gasteiger partial charge < -0.3 is 9.47 Å². The molecule has 0 N–H and O–H groups in total. The van der Waals surface area contributed by atoms with E-state index in [0.717, 1.165) is 26.9 Å². The normalized spacial score (nSPS) is 15.1. The minimum atomic E-state index is -0.701. The first-order chi connectivity index (χ1) is 20.2. The summed E-state index contributed by atoms with van der Waals surface area (Å²) >= 11 is 4.90. The molecule has 5 rings (SSSR count). The number of hydrogen-bond donors (Lipinski definition) is 0. The molecule has 4 aromatic rings. The summed E-state index contributed by atoms with van der Waals surface area (Å²) in [6, 6.07) is 22.7. The largest absolute Gasteiger partial charge is 0.490 e. The molecule has 216 valence electrons. The fourth-order valence-corrected chi connectivity index (χ4v) is 6.42. The van der Waals surface area contributed by atoms with Gasteiger partial charge >= 0.3 is 5.97 Å². The van der Waals surface area contributed by atoms with E-state index in [9.17, 15) is 9.59 Å². The Hall–Kier alpha value is -3.75. The van der Waals surface area contributed by atoms with E-state index in [1.165, 1.54) is 16.9 Å². The predicted molar refractivity (Wildman–Crippen MR) is 171 cm³/mol. The molecule has 0 amide bonds. The third-order valence-electron chi connectivity index (χ3n) is 6.91. The Morgan fingerprint density at radius 2 is 1.76 bits per heavy atom. The standard InChI is InChI=1S/C34H33BrN2O4S/c1-6-40-33(39)29-30(24-10-8-7-9-11-24)36-34-37(31(29)25-15-13-23(14-16-25)20(2)3)32(38)28(42-34)19-22-12-17-27(26(35)18-22)41-21(4)5/h7-21,31H,6H2,1-5H3/b28-19-/t31-/m0/s1. The average Bonchev–Trinajstić information content (AvgIpc) is 3.28. The molecule has 0 radical (unpaired) electrons. The van der Waals surface area contributed by atoms with Gasteiger partial charge in [-0.05, 0) is 77.5 Å². The Morgan fingerprint density at radius 3 is 2.38 bits per heavy atom. The zero-order valence-corrected chi connectivity index (χ0v) is 26.7. The number of nitrogens with zero attached hydrogens (tertiary/aromatic N) is 2. The van der Waals surface area contributed by atoms with Gasteiger partial charge in [0, 0.05) is 5.56 Å². The molecular formula is C34H33BrN2O4S. The van der Waals surface area contributed by atoms with Gasteiger partial charge in [0.1, 0.15) is 5.75 Å². The number of thiazole rings is 1. The molecule has 1 aliphatic rings. The van der Waals surface area contributed by atoms with Crippen LogP contribution in [0.5, 0.6) is 5.75 Å². The van der Waals surface area contributed by atoms with Crippen LogP contribution in [-0.2, 0) is 9.53 Å². The van der Waals surface area contributed by atoms with Crippen molar-refractivity contribution in [2.75, 3.05) is 6.61 Å². The van der Waals surface area contributed by atoms with Crippen molar-refractivity contribution in [2.45, 2.75) is 52.7 Å². The number of esters is 1. The van der Waals surface area contributed by atoms with Crippen LogP contribution in [-0.4, -0.2) is 23.2 Å². The van der Waals surface area contributed by atoms with Crippen molar-refractivity contribution in [1.82, 2.24) is 4.57 Å². The van der Waals surface area contributed by atoms with Crippen LogP contribution in [0.1, 0.15) is 68.8 Å². The van der Waals surface area contributed by atoms with Gasteiger partial charge in [-0.25, -0.2) is 9.79 Å². The van der Waals surface area contributed by atoms with Gasteiger partial charge in [-0.2, -0.15) is 0 Å².